The summed E-state index contributed by atoms with van der Waals surface area (Å²) in [5.74, 6) is 1.82. The molecule has 1 atom stereocenters. The van der Waals surface area contributed by atoms with Gasteiger partial charge in [0.05, 0.1) is 26.8 Å². The molecule has 0 spiro atoms. The van der Waals surface area contributed by atoms with Crippen LogP contribution in [0.4, 0.5) is 0 Å². The average Bonchev–Trinajstić information content (AvgIpc) is 2.64. The number of phenols is 1. The molecule has 0 saturated carbocycles. The van der Waals surface area contributed by atoms with Gasteiger partial charge in [0.25, 0.3) is 0 Å². The van der Waals surface area contributed by atoms with Crippen LogP contribution in [0.1, 0.15) is 11.1 Å². The second kappa shape index (κ2) is 7.45. The Morgan fingerprint density at radius 1 is 0.880 bits per heavy atom. The number of rotatable bonds is 6. The molecule has 3 aromatic rings. The third kappa shape index (κ3) is 3.69. The summed E-state index contributed by atoms with van der Waals surface area (Å²) in [6.45, 7) is 1.56. The lowest BCUT2D eigenvalue weighted by Gasteiger charge is -2.17. The second-order valence-corrected chi connectivity index (χ2v) is 6.28. The first kappa shape index (κ1) is 17.1. The summed E-state index contributed by atoms with van der Waals surface area (Å²) in [7, 11) is 5.41. The molecule has 25 heavy (non-hydrogen) atoms. The first-order chi connectivity index (χ1) is 12.1. The Morgan fingerprint density at radius 3 is 2.40 bits per heavy atom. The normalized spacial score (nSPS) is 12.1. The lowest BCUT2D eigenvalue weighted by atomic mass is 10.0. The highest BCUT2D eigenvalue weighted by atomic mass is 16.5. The highest BCUT2D eigenvalue weighted by Crippen LogP contribution is 2.28. The van der Waals surface area contributed by atoms with Crippen molar-refractivity contribution in [2.75, 3.05) is 21.3 Å². The van der Waals surface area contributed by atoms with Gasteiger partial charge in [-0.3, -0.25) is 0 Å². The fraction of sp³-hybridized carbons (Fsp3) is 0.238. The highest BCUT2D eigenvalue weighted by Gasteiger charge is 2.14. The SMILES string of the molecule is COc1ccc(C[NH+](C)Cc2c(O)ccc3ccccc23)cc1OC. The quantitative estimate of drug-likeness (QED) is 0.726. The molecule has 0 aromatic heterocycles. The molecular formula is C21H24NO3+. The van der Waals surface area contributed by atoms with Crippen LogP contribution in [0.25, 0.3) is 10.8 Å². The first-order valence-corrected chi connectivity index (χ1v) is 8.34. The zero-order valence-corrected chi connectivity index (χ0v) is 14.9. The van der Waals surface area contributed by atoms with Gasteiger partial charge in [-0.05, 0) is 35.0 Å². The van der Waals surface area contributed by atoms with Gasteiger partial charge in [-0.2, -0.15) is 0 Å². The van der Waals surface area contributed by atoms with Crippen molar-refractivity contribution in [1.82, 2.24) is 0 Å². The Kier molecular flexibility index (Phi) is 5.10. The minimum absolute atomic E-state index is 0.352. The Balaban J connectivity index is 1.82. The topological polar surface area (TPSA) is 43.1 Å². The third-order valence-corrected chi connectivity index (χ3v) is 4.45. The van der Waals surface area contributed by atoms with Crippen LogP contribution in [0, 0.1) is 0 Å². The third-order valence-electron chi connectivity index (χ3n) is 4.45. The van der Waals surface area contributed by atoms with Crippen LogP contribution >= 0.6 is 0 Å². The van der Waals surface area contributed by atoms with E-state index in [4.69, 9.17) is 9.47 Å². The summed E-state index contributed by atoms with van der Waals surface area (Å²) in [5.41, 5.74) is 2.14. The summed E-state index contributed by atoms with van der Waals surface area (Å²) >= 11 is 0. The molecule has 0 fully saturated rings. The van der Waals surface area contributed by atoms with E-state index in [2.05, 4.69) is 19.2 Å². The van der Waals surface area contributed by atoms with Crippen molar-refractivity contribution in [1.29, 1.82) is 0 Å². The van der Waals surface area contributed by atoms with Crippen molar-refractivity contribution in [3.8, 4) is 17.2 Å². The van der Waals surface area contributed by atoms with Crippen LogP contribution in [0.15, 0.2) is 54.6 Å². The number of aromatic hydroxyl groups is 1. The van der Waals surface area contributed by atoms with Gasteiger partial charge in [-0.15, -0.1) is 0 Å². The molecule has 0 amide bonds. The molecule has 3 aromatic carbocycles. The molecular weight excluding hydrogens is 314 g/mol. The van der Waals surface area contributed by atoms with E-state index >= 15 is 0 Å². The maximum Gasteiger partial charge on any atom is 0.161 e. The average molecular weight is 338 g/mol. The van der Waals surface area contributed by atoms with Crippen molar-refractivity contribution in [3.63, 3.8) is 0 Å². The van der Waals surface area contributed by atoms with Gasteiger partial charge in [-0.25, -0.2) is 0 Å². The molecule has 0 saturated heterocycles. The molecule has 0 heterocycles. The Hall–Kier alpha value is -2.72. The van der Waals surface area contributed by atoms with Crippen LogP contribution in [-0.2, 0) is 13.1 Å². The number of fused-ring (bicyclic) bond motifs is 1. The van der Waals surface area contributed by atoms with Gasteiger partial charge < -0.3 is 19.5 Å². The van der Waals surface area contributed by atoms with Crippen molar-refractivity contribution in [2.24, 2.45) is 0 Å². The molecule has 4 nitrogen and oxygen atoms in total. The Morgan fingerprint density at radius 2 is 1.64 bits per heavy atom. The van der Waals surface area contributed by atoms with Crippen LogP contribution < -0.4 is 14.4 Å². The molecule has 2 N–H and O–H groups in total. The van der Waals surface area contributed by atoms with E-state index in [1.54, 1.807) is 20.3 Å². The lowest BCUT2D eigenvalue weighted by Crippen LogP contribution is -3.06. The minimum atomic E-state index is 0.352. The number of methoxy groups -OCH3 is 2. The smallest absolute Gasteiger partial charge is 0.161 e. The maximum atomic E-state index is 10.3. The second-order valence-electron chi connectivity index (χ2n) is 6.28. The monoisotopic (exact) mass is 338 g/mol. The molecule has 0 aliphatic heterocycles. The van der Waals surface area contributed by atoms with Crippen LogP contribution in [-0.4, -0.2) is 26.4 Å². The number of ether oxygens (including phenoxy) is 2. The summed E-state index contributed by atoms with van der Waals surface area (Å²) in [5, 5.41) is 12.6. The van der Waals surface area contributed by atoms with E-state index in [0.29, 0.717) is 5.75 Å². The zero-order chi connectivity index (χ0) is 17.8. The van der Waals surface area contributed by atoms with Crippen LogP contribution in [0.3, 0.4) is 0 Å². The van der Waals surface area contributed by atoms with Crippen LogP contribution in [0.5, 0.6) is 17.2 Å². The van der Waals surface area contributed by atoms with Gasteiger partial charge in [0.15, 0.2) is 11.5 Å². The number of hydrogen-bond donors (Lipinski definition) is 2. The Bertz CT molecular complexity index is 876. The Labute approximate surface area is 148 Å². The van der Waals surface area contributed by atoms with Crippen molar-refractivity contribution < 1.29 is 19.5 Å². The van der Waals surface area contributed by atoms with Gasteiger partial charge in [0.1, 0.15) is 18.8 Å². The molecule has 0 aliphatic rings. The molecule has 3 rings (SSSR count). The fourth-order valence-electron chi connectivity index (χ4n) is 3.21. The van der Waals surface area contributed by atoms with E-state index in [9.17, 15) is 5.11 Å². The van der Waals surface area contributed by atoms with E-state index in [0.717, 1.165) is 46.5 Å². The maximum absolute atomic E-state index is 10.3. The number of hydrogen-bond acceptors (Lipinski definition) is 3. The lowest BCUT2D eigenvalue weighted by molar-refractivity contribution is -0.907. The summed E-state index contributed by atoms with van der Waals surface area (Å²) < 4.78 is 10.7. The van der Waals surface area contributed by atoms with Crippen molar-refractivity contribution >= 4 is 10.8 Å². The number of quaternary nitrogens is 1. The van der Waals surface area contributed by atoms with Gasteiger partial charge in [0, 0.05) is 5.56 Å². The van der Waals surface area contributed by atoms with Gasteiger partial charge >= 0.3 is 0 Å². The number of nitrogens with one attached hydrogen (secondary N) is 1. The van der Waals surface area contributed by atoms with Crippen LogP contribution in [0.2, 0.25) is 0 Å². The molecule has 0 bridgehead atoms. The molecule has 4 heteroatoms. The predicted molar refractivity (Wildman–Crippen MR) is 99.5 cm³/mol. The van der Waals surface area contributed by atoms with E-state index < -0.39 is 0 Å². The number of phenolic OH excluding ortho intramolecular Hbond substituents is 1. The molecule has 1 unspecified atom stereocenters. The van der Waals surface area contributed by atoms with Gasteiger partial charge in [-0.1, -0.05) is 30.3 Å². The molecule has 0 radical (unpaired) electrons. The van der Waals surface area contributed by atoms with E-state index in [1.165, 1.54) is 4.90 Å². The summed E-state index contributed by atoms with van der Waals surface area (Å²) in [4.78, 5) is 1.28. The minimum Gasteiger partial charge on any atom is -0.507 e. The number of benzene rings is 3. The largest absolute Gasteiger partial charge is 0.507 e. The van der Waals surface area contributed by atoms with Crippen molar-refractivity contribution in [2.45, 2.75) is 13.1 Å². The zero-order valence-electron chi connectivity index (χ0n) is 14.9. The highest BCUT2D eigenvalue weighted by molar-refractivity contribution is 5.87. The predicted octanol–water partition coefficient (Wildman–Crippen LogP) is 2.78. The standard InChI is InChI=1S/C21H23NO3/c1-22(13-15-8-11-20(24-2)21(12-15)25-3)14-18-17-7-5-4-6-16(17)9-10-19(18)23/h4-12,23H,13-14H2,1-3H3/p+1. The van der Waals surface area contributed by atoms with E-state index in [1.807, 2.05) is 36.4 Å². The molecule has 0 aliphatic carbocycles. The fourth-order valence-corrected chi connectivity index (χ4v) is 3.21. The summed E-state index contributed by atoms with van der Waals surface area (Å²) in [6, 6.07) is 17.9. The molecule has 130 valence electrons. The van der Waals surface area contributed by atoms with Crippen molar-refractivity contribution in [3.05, 3.63) is 65.7 Å². The summed E-state index contributed by atoms with van der Waals surface area (Å²) in [6.07, 6.45) is 0. The van der Waals surface area contributed by atoms with Gasteiger partial charge in [0.2, 0.25) is 0 Å². The first-order valence-electron chi connectivity index (χ1n) is 8.34. The van der Waals surface area contributed by atoms with E-state index in [-0.39, 0.29) is 0 Å².